The first-order chi connectivity index (χ1) is 16.9. The number of anilines is 1. The van der Waals surface area contributed by atoms with Crippen molar-refractivity contribution in [2.75, 3.05) is 12.4 Å². The van der Waals surface area contributed by atoms with Crippen molar-refractivity contribution in [1.82, 2.24) is 9.38 Å². The molecule has 2 heterocycles. The van der Waals surface area contributed by atoms with Gasteiger partial charge in [0.1, 0.15) is 34.4 Å². The Morgan fingerprint density at radius 1 is 1.14 bits per heavy atom. The topological polar surface area (TPSA) is 106 Å². The number of methoxy groups -OCH3 is 1. The van der Waals surface area contributed by atoms with Gasteiger partial charge in [0.25, 0.3) is 11.5 Å². The summed E-state index contributed by atoms with van der Waals surface area (Å²) < 4.78 is 12.3. The number of rotatable bonds is 6. The molecule has 0 aliphatic carbocycles. The molecule has 2 aromatic heterocycles. The molecule has 174 valence electrons. The molecule has 0 fully saturated rings. The molecule has 4 aromatic rings. The van der Waals surface area contributed by atoms with E-state index < -0.39 is 11.5 Å². The number of hydrogen-bond donors (Lipinski definition) is 1. The fourth-order valence-electron chi connectivity index (χ4n) is 3.29. The average molecular weight is 487 g/mol. The number of fused-ring (bicyclic) bond motifs is 1. The van der Waals surface area contributed by atoms with Crippen LogP contribution in [0, 0.1) is 18.3 Å². The van der Waals surface area contributed by atoms with E-state index in [1.54, 1.807) is 73.8 Å². The zero-order valence-corrected chi connectivity index (χ0v) is 19.5. The van der Waals surface area contributed by atoms with Gasteiger partial charge in [0.2, 0.25) is 5.88 Å². The van der Waals surface area contributed by atoms with E-state index in [4.69, 9.17) is 21.1 Å². The molecule has 0 spiro atoms. The zero-order chi connectivity index (χ0) is 24.9. The smallest absolute Gasteiger partial charge is 0.269 e. The average Bonchev–Trinajstić information content (AvgIpc) is 2.86. The molecule has 35 heavy (non-hydrogen) atoms. The number of pyridine rings is 1. The van der Waals surface area contributed by atoms with Gasteiger partial charge in [-0.15, -0.1) is 0 Å². The molecule has 0 saturated carbocycles. The summed E-state index contributed by atoms with van der Waals surface area (Å²) >= 11 is 6.23. The fourth-order valence-corrected chi connectivity index (χ4v) is 3.47. The number of halogens is 1. The van der Waals surface area contributed by atoms with Crippen molar-refractivity contribution >= 4 is 34.9 Å². The van der Waals surface area contributed by atoms with Crippen LogP contribution in [0.1, 0.15) is 11.1 Å². The number of para-hydroxylation sites is 1. The Hall–Kier alpha value is -4.61. The number of aromatic nitrogens is 2. The largest absolute Gasteiger partial charge is 0.497 e. The number of benzene rings is 2. The van der Waals surface area contributed by atoms with Crippen LogP contribution in [-0.4, -0.2) is 22.4 Å². The normalized spacial score (nSPS) is 11.1. The highest BCUT2D eigenvalue weighted by atomic mass is 35.5. The van der Waals surface area contributed by atoms with Crippen molar-refractivity contribution in [2.24, 2.45) is 0 Å². The van der Waals surface area contributed by atoms with Crippen LogP contribution >= 0.6 is 11.6 Å². The highest BCUT2D eigenvalue weighted by Gasteiger charge is 2.19. The van der Waals surface area contributed by atoms with Gasteiger partial charge >= 0.3 is 0 Å². The molecule has 1 amide bonds. The third kappa shape index (κ3) is 5.00. The van der Waals surface area contributed by atoms with Gasteiger partial charge in [-0.25, -0.2) is 0 Å². The number of aryl methyl sites for hydroxylation is 1. The van der Waals surface area contributed by atoms with Crippen molar-refractivity contribution in [2.45, 2.75) is 6.92 Å². The maximum atomic E-state index is 13.4. The van der Waals surface area contributed by atoms with Gasteiger partial charge in [-0.3, -0.25) is 14.0 Å². The van der Waals surface area contributed by atoms with E-state index >= 15 is 0 Å². The molecule has 0 atom stereocenters. The Balaban J connectivity index is 1.81. The van der Waals surface area contributed by atoms with Gasteiger partial charge in [0.15, 0.2) is 0 Å². The van der Waals surface area contributed by atoms with Gasteiger partial charge in [-0.1, -0.05) is 29.8 Å². The second-order valence-corrected chi connectivity index (χ2v) is 7.81. The van der Waals surface area contributed by atoms with Crippen molar-refractivity contribution in [3.8, 4) is 23.4 Å². The zero-order valence-electron chi connectivity index (χ0n) is 18.8. The molecular formula is C26H19ClN4O4. The van der Waals surface area contributed by atoms with Crippen molar-refractivity contribution < 1.29 is 14.3 Å². The second-order valence-electron chi connectivity index (χ2n) is 7.41. The number of amides is 1. The number of hydrogen-bond acceptors (Lipinski definition) is 6. The Kier molecular flexibility index (Phi) is 6.81. The Bertz CT molecular complexity index is 1550. The minimum absolute atomic E-state index is 0.0746. The Morgan fingerprint density at radius 2 is 1.89 bits per heavy atom. The van der Waals surface area contributed by atoms with Crippen LogP contribution in [0.4, 0.5) is 5.69 Å². The molecule has 0 radical (unpaired) electrons. The van der Waals surface area contributed by atoms with Gasteiger partial charge in [-0.05, 0) is 61.0 Å². The molecule has 2 aromatic carbocycles. The summed E-state index contributed by atoms with van der Waals surface area (Å²) in [4.78, 5) is 30.7. The number of carbonyl (C=O) groups excluding carboxylic acids is 1. The van der Waals surface area contributed by atoms with Crippen molar-refractivity contribution in [3.63, 3.8) is 0 Å². The first-order valence-corrected chi connectivity index (χ1v) is 10.8. The third-order valence-corrected chi connectivity index (χ3v) is 5.41. The van der Waals surface area contributed by atoms with Crippen molar-refractivity contribution in [3.05, 3.63) is 98.9 Å². The van der Waals surface area contributed by atoms with Crippen LogP contribution in [0.5, 0.6) is 17.4 Å². The fraction of sp³-hybridized carbons (Fsp3) is 0.0769. The number of nitrogens with one attached hydrogen (secondary N) is 1. The molecule has 0 bridgehead atoms. The molecule has 1 N–H and O–H groups in total. The molecule has 0 aliphatic rings. The first-order valence-electron chi connectivity index (χ1n) is 10.4. The van der Waals surface area contributed by atoms with E-state index in [1.165, 1.54) is 11.5 Å². The number of nitriles is 1. The monoisotopic (exact) mass is 486 g/mol. The van der Waals surface area contributed by atoms with E-state index in [0.29, 0.717) is 22.1 Å². The van der Waals surface area contributed by atoms with Crippen LogP contribution in [0.2, 0.25) is 5.02 Å². The summed E-state index contributed by atoms with van der Waals surface area (Å²) in [5.74, 6) is 0.110. The van der Waals surface area contributed by atoms with Crippen LogP contribution in [0.15, 0.2) is 77.2 Å². The lowest BCUT2D eigenvalue weighted by Gasteiger charge is -2.12. The predicted molar refractivity (Wildman–Crippen MR) is 133 cm³/mol. The summed E-state index contributed by atoms with van der Waals surface area (Å²) in [6.45, 7) is 1.81. The minimum atomic E-state index is -0.699. The van der Waals surface area contributed by atoms with Crippen LogP contribution in [0.3, 0.4) is 0 Å². The summed E-state index contributed by atoms with van der Waals surface area (Å²) in [6.07, 6.45) is 2.72. The standard InChI is InChI=1S/C26H19ClN4O4/c1-16-6-5-13-31-23(16)30-25(35-22-8-4-3-7-21(22)27)20(26(31)33)14-17(15-28)24(32)29-18-9-11-19(34-2)12-10-18/h3-14H,1-2H3,(H,29,32). The maximum Gasteiger partial charge on any atom is 0.269 e. The van der Waals surface area contributed by atoms with Gasteiger partial charge in [-0.2, -0.15) is 10.2 Å². The van der Waals surface area contributed by atoms with E-state index in [1.807, 2.05) is 6.07 Å². The molecule has 4 rings (SSSR count). The van der Waals surface area contributed by atoms with Gasteiger partial charge < -0.3 is 14.8 Å². The molecule has 8 nitrogen and oxygen atoms in total. The SMILES string of the molecule is COc1ccc(NC(=O)C(C#N)=Cc2c(Oc3ccccc3Cl)nc3c(C)cccn3c2=O)cc1. The molecular weight excluding hydrogens is 468 g/mol. The number of carbonyl (C=O) groups is 1. The molecule has 9 heteroatoms. The molecule has 0 unspecified atom stereocenters. The van der Waals surface area contributed by atoms with Crippen LogP contribution in [0.25, 0.3) is 11.7 Å². The third-order valence-electron chi connectivity index (χ3n) is 5.09. The molecule has 0 saturated heterocycles. The second kappa shape index (κ2) is 10.1. The lowest BCUT2D eigenvalue weighted by molar-refractivity contribution is -0.112. The minimum Gasteiger partial charge on any atom is -0.497 e. The predicted octanol–water partition coefficient (Wildman–Crippen LogP) is 5.00. The quantitative estimate of drug-likeness (QED) is 0.303. The first kappa shape index (κ1) is 23.5. The summed E-state index contributed by atoms with van der Waals surface area (Å²) in [5, 5.41) is 12.6. The van der Waals surface area contributed by atoms with Crippen LogP contribution < -0.4 is 20.3 Å². The maximum absolute atomic E-state index is 13.4. The van der Waals surface area contributed by atoms with Crippen molar-refractivity contribution in [1.29, 1.82) is 5.26 Å². The lowest BCUT2D eigenvalue weighted by atomic mass is 10.1. The highest BCUT2D eigenvalue weighted by Crippen LogP contribution is 2.30. The Morgan fingerprint density at radius 3 is 2.57 bits per heavy atom. The van der Waals surface area contributed by atoms with E-state index in [-0.39, 0.29) is 22.8 Å². The summed E-state index contributed by atoms with van der Waals surface area (Å²) in [5.41, 5.74) is 0.671. The number of nitrogens with zero attached hydrogens (tertiary/aromatic N) is 3. The van der Waals surface area contributed by atoms with Gasteiger partial charge in [0, 0.05) is 11.9 Å². The van der Waals surface area contributed by atoms with E-state index in [2.05, 4.69) is 10.3 Å². The van der Waals surface area contributed by atoms with E-state index in [0.717, 1.165) is 11.6 Å². The van der Waals surface area contributed by atoms with Gasteiger partial charge in [0.05, 0.1) is 12.1 Å². The molecule has 0 aliphatic heterocycles. The number of ether oxygens (including phenoxy) is 2. The lowest BCUT2D eigenvalue weighted by Crippen LogP contribution is -2.20. The Labute approximate surface area is 205 Å². The highest BCUT2D eigenvalue weighted by molar-refractivity contribution is 6.32. The summed E-state index contributed by atoms with van der Waals surface area (Å²) in [7, 11) is 1.53. The van der Waals surface area contributed by atoms with Crippen LogP contribution in [-0.2, 0) is 4.79 Å². The van der Waals surface area contributed by atoms with E-state index in [9.17, 15) is 14.9 Å². The summed E-state index contributed by atoms with van der Waals surface area (Å²) in [6, 6.07) is 18.7.